The van der Waals surface area contributed by atoms with Gasteiger partial charge in [-0.25, -0.2) is 0 Å². The second-order valence-electron chi connectivity index (χ2n) is 5.49. The van der Waals surface area contributed by atoms with Gasteiger partial charge in [0.15, 0.2) is 0 Å². The van der Waals surface area contributed by atoms with Crippen LogP contribution < -0.4 is 5.32 Å². The molecule has 18 heavy (non-hydrogen) atoms. The molecule has 1 N–H and O–H groups in total. The van der Waals surface area contributed by atoms with Crippen molar-refractivity contribution in [2.24, 2.45) is 5.92 Å². The number of rotatable bonds is 8. The first-order valence-corrected chi connectivity index (χ1v) is 7.35. The van der Waals surface area contributed by atoms with E-state index in [1.54, 1.807) is 0 Å². The highest BCUT2D eigenvalue weighted by Crippen LogP contribution is 2.13. The van der Waals surface area contributed by atoms with Gasteiger partial charge >= 0.3 is 0 Å². The Hall–Kier alpha value is -0.830. The van der Waals surface area contributed by atoms with Crippen molar-refractivity contribution in [1.29, 1.82) is 0 Å². The van der Waals surface area contributed by atoms with Gasteiger partial charge in [0.05, 0.1) is 5.69 Å². The van der Waals surface area contributed by atoms with Gasteiger partial charge in [-0.1, -0.05) is 27.7 Å². The lowest BCUT2D eigenvalue weighted by Gasteiger charge is -2.21. The number of aromatic nitrogens is 2. The predicted molar refractivity (Wildman–Crippen MR) is 77.9 cm³/mol. The fraction of sp³-hybridized carbons (Fsp3) is 0.800. The van der Waals surface area contributed by atoms with Crippen molar-refractivity contribution in [1.82, 2.24) is 15.1 Å². The van der Waals surface area contributed by atoms with Crippen molar-refractivity contribution in [3.63, 3.8) is 0 Å². The number of hydrogen-bond donors (Lipinski definition) is 1. The maximum absolute atomic E-state index is 4.66. The van der Waals surface area contributed by atoms with E-state index in [1.807, 2.05) is 0 Å². The number of nitrogens with one attached hydrogen (secondary N) is 1. The first-order chi connectivity index (χ1) is 8.58. The zero-order valence-electron chi connectivity index (χ0n) is 12.6. The van der Waals surface area contributed by atoms with Gasteiger partial charge in [0.1, 0.15) is 0 Å². The van der Waals surface area contributed by atoms with Crippen molar-refractivity contribution in [2.75, 3.05) is 6.54 Å². The summed E-state index contributed by atoms with van der Waals surface area (Å²) in [7, 11) is 0. The maximum Gasteiger partial charge on any atom is 0.0625 e. The van der Waals surface area contributed by atoms with E-state index < -0.39 is 0 Å². The van der Waals surface area contributed by atoms with Gasteiger partial charge in [-0.3, -0.25) is 4.68 Å². The number of aryl methyl sites for hydroxylation is 1. The molecule has 1 aromatic heterocycles. The molecule has 0 saturated carbocycles. The highest BCUT2D eigenvalue weighted by Gasteiger charge is 2.13. The predicted octanol–water partition coefficient (Wildman–Crippen LogP) is 3.42. The van der Waals surface area contributed by atoms with Gasteiger partial charge in [-0.05, 0) is 44.7 Å². The molecule has 1 aromatic rings. The molecule has 2 atom stereocenters. The van der Waals surface area contributed by atoms with Gasteiger partial charge < -0.3 is 5.32 Å². The molecule has 0 radical (unpaired) electrons. The molecular formula is C15H29N3. The zero-order valence-corrected chi connectivity index (χ0v) is 12.6. The second-order valence-corrected chi connectivity index (χ2v) is 5.49. The summed E-state index contributed by atoms with van der Waals surface area (Å²) in [6.07, 6.45) is 5.48. The Morgan fingerprint density at radius 1 is 1.28 bits per heavy atom. The minimum absolute atomic E-state index is 0.508. The molecule has 0 fully saturated rings. The fourth-order valence-corrected chi connectivity index (χ4v) is 2.18. The average Bonchev–Trinajstić information content (AvgIpc) is 2.81. The quantitative estimate of drug-likeness (QED) is 0.767. The molecule has 0 aliphatic carbocycles. The molecule has 0 amide bonds. The van der Waals surface area contributed by atoms with Crippen LogP contribution in [0.25, 0.3) is 0 Å². The number of nitrogens with zero attached hydrogens (tertiary/aromatic N) is 2. The van der Waals surface area contributed by atoms with Crippen LogP contribution in [0.3, 0.4) is 0 Å². The van der Waals surface area contributed by atoms with Crippen molar-refractivity contribution >= 4 is 0 Å². The van der Waals surface area contributed by atoms with E-state index in [2.05, 4.69) is 62.0 Å². The molecule has 1 heterocycles. The Morgan fingerprint density at radius 2 is 2.00 bits per heavy atom. The van der Waals surface area contributed by atoms with E-state index in [0.717, 1.165) is 19.4 Å². The van der Waals surface area contributed by atoms with E-state index in [4.69, 9.17) is 0 Å². The summed E-state index contributed by atoms with van der Waals surface area (Å²) in [5.41, 5.74) is 1.22. The fourth-order valence-electron chi connectivity index (χ4n) is 2.18. The molecule has 0 aliphatic heterocycles. The molecule has 2 unspecified atom stereocenters. The van der Waals surface area contributed by atoms with Gasteiger partial charge in [0.2, 0.25) is 0 Å². The van der Waals surface area contributed by atoms with E-state index in [0.29, 0.717) is 18.0 Å². The smallest absolute Gasteiger partial charge is 0.0625 e. The molecule has 3 nitrogen and oxygen atoms in total. The molecule has 0 saturated heterocycles. The van der Waals surface area contributed by atoms with Gasteiger partial charge in [0, 0.05) is 18.3 Å². The van der Waals surface area contributed by atoms with Crippen molar-refractivity contribution in [3.8, 4) is 0 Å². The molecule has 0 aromatic carbocycles. The molecule has 0 spiro atoms. The van der Waals surface area contributed by atoms with Crippen molar-refractivity contribution in [3.05, 3.63) is 18.0 Å². The van der Waals surface area contributed by atoms with Gasteiger partial charge in [0.25, 0.3) is 0 Å². The van der Waals surface area contributed by atoms with E-state index in [1.165, 1.54) is 12.1 Å². The highest BCUT2D eigenvalue weighted by molar-refractivity contribution is 5.00. The average molecular weight is 251 g/mol. The van der Waals surface area contributed by atoms with Crippen LogP contribution in [-0.2, 0) is 6.42 Å². The minimum atomic E-state index is 0.508. The maximum atomic E-state index is 4.66. The Balaban J connectivity index is 2.49. The summed E-state index contributed by atoms with van der Waals surface area (Å²) in [5, 5.41) is 8.22. The molecular weight excluding hydrogens is 222 g/mol. The Morgan fingerprint density at radius 3 is 2.56 bits per heavy atom. The summed E-state index contributed by atoms with van der Waals surface area (Å²) in [4.78, 5) is 0. The largest absolute Gasteiger partial charge is 0.314 e. The zero-order chi connectivity index (χ0) is 13.5. The van der Waals surface area contributed by atoms with Crippen LogP contribution in [0.4, 0.5) is 0 Å². The third kappa shape index (κ3) is 4.45. The van der Waals surface area contributed by atoms with Gasteiger partial charge in [-0.2, -0.15) is 5.10 Å². The summed E-state index contributed by atoms with van der Waals surface area (Å²) < 4.78 is 2.09. The van der Waals surface area contributed by atoms with E-state index >= 15 is 0 Å². The first-order valence-electron chi connectivity index (χ1n) is 7.35. The van der Waals surface area contributed by atoms with Crippen LogP contribution >= 0.6 is 0 Å². The number of hydrogen-bond acceptors (Lipinski definition) is 2. The lowest BCUT2D eigenvalue weighted by atomic mass is 9.98. The minimum Gasteiger partial charge on any atom is -0.314 e. The van der Waals surface area contributed by atoms with E-state index in [-0.39, 0.29) is 0 Å². The molecule has 0 bridgehead atoms. The molecule has 104 valence electrons. The van der Waals surface area contributed by atoms with E-state index in [9.17, 15) is 0 Å². The van der Waals surface area contributed by atoms with Crippen molar-refractivity contribution in [2.45, 2.75) is 66.0 Å². The van der Waals surface area contributed by atoms with Crippen LogP contribution in [0.15, 0.2) is 12.3 Å². The summed E-state index contributed by atoms with van der Waals surface area (Å²) >= 11 is 0. The highest BCUT2D eigenvalue weighted by atomic mass is 15.3. The normalized spacial score (nSPS) is 15.0. The topological polar surface area (TPSA) is 29.9 Å². The summed E-state index contributed by atoms with van der Waals surface area (Å²) in [5.74, 6) is 0.682. The third-order valence-corrected chi connectivity index (χ3v) is 3.69. The second kappa shape index (κ2) is 7.57. The third-order valence-electron chi connectivity index (χ3n) is 3.69. The lowest BCUT2D eigenvalue weighted by Crippen LogP contribution is -2.34. The van der Waals surface area contributed by atoms with Crippen LogP contribution in [0.2, 0.25) is 0 Å². The summed E-state index contributed by atoms with van der Waals surface area (Å²) in [6.45, 7) is 12.2. The van der Waals surface area contributed by atoms with Crippen LogP contribution in [-0.4, -0.2) is 22.4 Å². The van der Waals surface area contributed by atoms with Crippen molar-refractivity contribution < 1.29 is 0 Å². The van der Waals surface area contributed by atoms with Crippen LogP contribution in [0.5, 0.6) is 0 Å². The lowest BCUT2D eigenvalue weighted by molar-refractivity contribution is 0.382. The standard InChI is InChI=1S/C15H29N3/c1-6-13(5)18-11-10-14(17-18)8-9-15(12(3)4)16-7-2/h10-13,15-16H,6-9H2,1-5H3. The van der Waals surface area contributed by atoms with Gasteiger partial charge in [-0.15, -0.1) is 0 Å². The van der Waals surface area contributed by atoms with Crippen LogP contribution in [0.1, 0.15) is 59.2 Å². The Bertz CT molecular complexity index is 330. The molecule has 1 rings (SSSR count). The first kappa shape index (κ1) is 15.2. The molecule has 0 aliphatic rings. The van der Waals surface area contributed by atoms with Crippen LogP contribution in [0, 0.1) is 5.92 Å². The Labute approximate surface area is 112 Å². The SMILES string of the molecule is CCNC(CCc1ccn(C(C)CC)n1)C(C)C. The molecule has 3 heteroatoms. The Kier molecular flexibility index (Phi) is 6.41. The summed E-state index contributed by atoms with van der Waals surface area (Å²) in [6, 6.07) is 3.27. The monoisotopic (exact) mass is 251 g/mol.